The standard InChI is InChI=1S/C19H16.C18H15N/c1-15-7-9-17(10-8-15)19-13-11-18(12-14-19)16-5-3-2-4-6-16;1-14-12-17(15-8-4-2-5-9-15)13-18(19-14)16-10-6-3-7-11-16/h2-14H,1H3;2-13H,1H3. The highest BCUT2D eigenvalue weighted by Gasteiger charge is 2.04. The second-order valence-electron chi connectivity index (χ2n) is 9.42. The van der Waals surface area contributed by atoms with Crippen molar-refractivity contribution < 1.29 is 0 Å². The second-order valence-corrected chi connectivity index (χ2v) is 9.42. The van der Waals surface area contributed by atoms with Gasteiger partial charge in [0.1, 0.15) is 0 Å². The van der Waals surface area contributed by atoms with Crippen LogP contribution in [0.4, 0.5) is 0 Å². The Morgan fingerprint density at radius 2 is 0.711 bits per heavy atom. The number of hydrogen-bond donors (Lipinski definition) is 0. The van der Waals surface area contributed by atoms with Crippen molar-refractivity contribution in [2.24, 2.45) is 0 Å². The maximum atomic E-state index is 4.63. The van der Waals surface area contributed by atoms with E-state index in [-0.39, 0.29) is 0 Å². The molecule has 38 heavy (non-hydrogen) atoms. The highest BCUT2D eigenvalue weighted by molar-refractivity contribution is 5.71. The van der Waals surface area contributed by atoms with Gasteiger partial charge < -0.3 is 0 Å². The zero-order chi connectivity index (χ0) is 26.2. The van der Waals surface area contributed by atoms with Crippen LogP contribution in [0, 0.1) is 13.8 Å². The third-order valence-corrected chi connectivity index (χ3v) is 6.51. The molecule has 0 unspecified atom stereocenters. The monoisotopic (exact) mass is 489 g/mol. The van der Waals surface area contributed by atoms with Crippen LogP contribution >= 0.6 is 0 Å². The lowest BCUT2D eigenvalue weighted by atomic mass is 10.00. The van der Waals surface area contributed by atoms with Crippen LogP contribution in [-0.4, -0.2) is 4.98 Å². The molecule has 0 spiro atoms. The molecule has 0 radical (unpaired) electrons. The number of benzene rings is 5. The molecule has 0 amide bonds. The molecule has 6 aromatic rings. The van der Waals surface area contributed by atoms with Crippen LogP contribution in [0.5, 0.6) is 0 Å². The molecule has 0 N–H and O–H groups in total. The predicted molar refractivity (Wildman–Crippen MR) is 162 cm³/mol. The van der Waals surface area contributed by atoms with Crippen molar-refractivity contribution in [2.45, 2.75) is 13.8 Å². The van der Waals surface area contributed by atoms with Crippen LogP contribution in [0.15, 0.2) is 152 Å². The van der Waals surface area contributed by atoms with Crippen molar-refractivity contribution in [1.82, 2.24) is 4.98 Å². The van der Waals surface area contributed by atoms with Gasteiger partial charge in [-0.1, -0.05) is 145 Å². The summed E-state index contributed by atoms with van der Waals surface area (Å²) in [4.78, 5) is 4.63. The summed E-state index contributed by atoms with van der Waals surface area (Å²) in [5.41, 5.74) is 12.0. The van der Waals surface area contributed by atoms with E-state index in [1.807, 2.05) is 37.3 Å². The van der Waals surface area contributed by atoms with E-state index < -0.39 is 0 Å². The first-order valence-corrected chi connectivity index (χ1v) is 13.0. The van der Waals surface area contributed by atoms with E-state index in [9.17, 15) is 0 Å². The Bertz CT molecular complexity index is 1510. The minimum Gasteiger partial charge on any atom is -0.253 e. The smallest absolute Gasteiger partial charge is 0.0711 e. The molecule has 0 atom stereocenters. The van der Waals surface area contributed by atoms with Crippen molar-refractivity contribution >= 4 is 0 Å². The summed E-state index contributed by atoms with van der Waals surface area (Å²) >= 11 is 0. The Morgan fingerprint density at radius 3 is 1.18 bits per heavy atom. The van der Waals surface area contributed by atoms with Gasteiger partial charge in [-0.3, -0.25) is 4.98 Å². The molecule has 1 heterocycles. The van der Waals surface area contributed by atoms with Gasteiger partial charge in [0.25, 0.3) is 0 Å². The quantitative estimate of drug-likeness (QED) is 0.240. The summed E-state index contributed by atoms with van der Waals surface area (Å²) in [7, 11) is 0. The minimum atomic E-state index is 1.03. The molecular weight excluding hydrogens is 458 g/mol. The van der Waals surface area contributed by atoms with E-state index in [0.29, 0.717) is 0 Å². The van der Waals surface area contributed by atoms with Crippen molar-refractivity contribution in [2.75, 3.05) is 0 Å². The Hall–Kier alpha value is -4.75. The molecular formula is C37H31N. The van der Waals surface area contributed by atoms with E-state index >= 15 is 0 Å². The fourth-order valence-corrected chi connectivity index (χ4v) is 4.45. The minimum absolute atomic E-state index is 1.03. The van der Waals surface area contributed by atoms with Gasteiger partial charge in [-0.2, -0.15) is 0 Å². The van der Waals surface area contributed by atoms with Gasteiger partial charge in [-0.15, -0.1) is 0 Å². The summed E-state index contributed by atoms with van der Waals surface area (Å²) in [5, 5.41) is 0. The van der Waals surface area contributed by atoms with Crippen LogP contribution < -0.4 is 0 Å². The first-order chi connectivity index (χ1) is 18.7. The number of pyridine rings is 1. The lowest BCUT2D eigenvalue weighted by molar-refractivity contribution is 1.21. The summed E-state index contributed by atoms with van der Waals surface area (Å²) in [6.07, 6.45) is 0. The maximum absolute atomic E-state index is 4.63. The second kappa shape index (κ2) is 12.0. The fourth-order valence-electron chi connectivity index (χ4n) is 4.45. The molecule has 0 aliphatic carbocycles. The van der Waals surface area contributed by atoms with Crippen LogP contribution in [0.25, 0.3) is 44.6 Å². The molecule has 1 nitrogen and oxygen atoms in total. The van der Waals surface area contributed by atoms with Gasteiger partial charge >= 0.3 is 0 Å². The van der Waals surface area contributed by atoms with Crippen LogP contribution in [0.2, 0.25) is 0 Å². The lowest BCUT2D eigenvalue weighted by Crippen LogP contribution is -1.89. The van der Waals surface area contributed by atoms with Crippen LogP contribution in [0.1, 0.15) is 11.3 Å². The van der Waals surface area contributed by atoms with E-state index in [4.69, 9.17) is 0 Å². The zero-order valence-electron chi connectivity index (χ0n) is 21.9. The first-order valence-electron chi connectivity index (χ1n) is 13.0. The van der Waals surface area contributed by atoms with Gasteiger partial charge in [0.2, 0.25) is 0 Å². The molecule has 5 aromatic carbocycles. The Kier molecular flexibility index (Phi) is 7.86. The normalized spacial score (nSPS) is 10.4. The number of aromatic nitrogens is 1. The summed E-state index contributed by atoms with van der Waals surface area (Å²) in [5.74, 6) is 0. The topological polar surface area (TPSA) is 12.9 Å². The van der Waals surface area contributed by atoms with Gasteiger partial charge in [0, 0.05) is 11.3 Å². The summed E-state index contributed by atoms with van der Waals surface area (Å²) < 4.78 is 0. The molecule has 1 heteroatoms. The van der Waals surface area contributed by atoms with Crippen LogP contribution in [-0.2, 0) is 0 Å². The molecule has 0 bridgehead atoms. The largest absolute Gasteiger partial charge is 0.253 e. The van der Waals surface area contributed by atoms with Gasteiger partial charge in [0.15, 0.2) is 0 Å². The Balaban J connectivity index is 0.000000155. The number of rotatable bonds is 4. The highest BCUT2D eigenvalue weighted by atomic mass is 14.7. The number of nitrogens with zero attached hydrogens (tertiary/aromatic N) is 1. The van der Waals surface area contributed by atoms with Crippen molar-refractivity contribution in [3.63, 3.8) is 0 Å². The molecule has 0 saturated carbocycles. The average molecular weight is 490 g/mol. The number of aryl methyl sites for hydroxylation is 2. The Labute approximate surface area is 226 Å². The maximum Gasteiger partial charge on any atom is 0.0711 e. The van der Waals surface area contributed by atoms with Crippen molar-refractivity contribution in [1.29, 1.82) is 0 Å². The van der Waals surface area contributed by atoms with Gasteiger partial charge in [-0.25, -0.2) is 0 Å². The molecule has 0 aliphatic heterocycles. The molecule has 0 aliphatic rings. The van der Waals surface area contributed by atoms with E-state index in [1.165, 1.54) is 38.9 Å². The Morgan fingerprint density at radius 1 is 0.342 bits per heavy atom. The summed E-state index contributed by atoms with van der Waals surface area (Å²) in [6, 6.07) is 52.9. The number of hydrogen-bond acceptors (Lipinski definition) is 1. The lowest BCUT2D eigenvalue weighted by Gasteiger charge is -2.07. The average Bonchev–Trinajstić information content (AvgIpc) is 2.99. The predicted octanol–water partition coefficient (Wildman–Crippen LogP) is 10.1. The van der Waals surface area contributed by atoms with Crippen molar-refractivity contribution in [3.05, 3.63) is 163 Å². The molecule has 0 saturated heterocycles. The highest BCUT2D eigenvalue weighted by Crippen LogP contribution is 2.26. The van der Waals surface area contributed by atoms with E-state index in [1.54, 1.807) is 0 Å². The van der Waals surface area contributed by atoms with Gasteiger partial charge in [0.05, 0.1) is 5.69 Å². The third-order valence-electron chi connectivity index (χ3n) is 6.51. The SMILES string of the molecule is Cc1cc(-c2ccccc2)cc(-c2ccccc2)n1.Cc1ccc(-c2ccc(-c3ccccc3)cc2)cc1. The molecule has 184 valence electrons. The summed E-state index contributed by atoms with van der Waals surface area (Å²) in [6.45, 7) is 4.15. The van der Waals surface area contributed by atoms with E-state index in [0.717, 1.165) is 17.0 Å². The van der Waals surface area contributed by atoms with Gasteiger partial charge in [-0.05, 0) is 59.4 Å². The molecule has 1 aromatic heterocycles. The van der Waals surface area contributed by atoms with Crippen LogP contribution in [0.3, 0.4) is 0 Å². The molecule has 0 fully saturated rings. The third kappa shape index (κ3) is 6.32. The zero-order valence-corrected chi connectivity index (χ0v) is 21.9. The first kappa shape index (κ1) is 24.9. The fraction of sp³-hybridized carbons (Fsp3) is 0.0541. The van der Waals surface area contributed by atoms with Crippen molar-refractivity contribution in [3.8, 4) is 44.6 Å². The van der Waals surface area contributed by atoms with E-state index in [2.05, 4.69) is 133 Å². The molecule has 6 rings (SSSR count).